The second kappa shape index (κ2) is 7.44. The third kappa shape index (κ3) is 4.68. The summed E-state index contributed by atoms with van der Waals surface area (Å²) in [4.78, 5) is 4.90. The predicted molar refractivity (Wildman–Crippen MR) is 64.7 cm³/mol. The summed E-state index contributed by atoms with van der Waals surface area (Å²) in [5, 5.41) is 0. The molecule has 1 heterocycles. The Morgan fingerprint density at radius 2 is 2.13 bits per heavy atom. The van der Waals surface area contributed by atoms with Gasteiger partial charge in [-0.3, -0.25) is 4.90 Å². The van der Waals surface area contributed by atoms with E-state index in [4.69, 9.17) is 16.3 Å². The first-order valence-corrected chi connectivity index (χ1v) is 6.45. The molecule has 0 aromatic rings. The fraction of sp³-hybridized carbons (Fsp3) is 1.00. The average Bonchev–Trinajstić information content (AvgIpc) is 2.31. The van der Waals surface area contributed by atoms with E-state index < -0.39 is 0 Å². The minimum absolute atomic E-state index is 0.233. The van der Waals surface area contributed by atoms with Crippen LogP contribution in [0.3, 0.4) is 0 Å². The van der Waals surface area contributed by atoms with Gasteiger partial charge in [-0.25, -0.2) is 0 Å². The van der Waals surface area contributed by atoms with Crippen molar-refractivity contribution in [1.82, 2.24) is 9.80 Å². The quantitative estimate of drug-likeness (QED) is 0.644. The molecule has 15 heavy (non-hydrogen) atoms. The van der Waals surface area contributed by atoms with Crippen LogP contribution in [0.15, 0.2) is 0 Å². The molecule has 1 saturated heterocycles. The number of nitrogens with zero attached hydrogens (tertiary/aromatic N) is 2. The van der Waals surface area contributed by atoms with Crippen LogP contribution in [0.1, 0.15) is 13.8 Å². The second-order valence-corrected chi connectivity index (χ2v) is 4.28. The Morgan fingerprint density at radius 3 is 2.73 bits per heavy atom. The van der Waals surface area contributed by atoms with Crippen molar-refractivity contribution >= 4 is 11.6 Å². The van der Waals surface area contributed by atoms with E-state index in [9.17, 15) is 0 Å². The van der Waals surface area contributed by atoms with Gasteiger partial charge in [0.2, 0.25) is 0 Å². The molecule has 1 rings (SSSR count). The lowest BCUT2D eigenvalue weighted by molar-refractivity contribution is -0.0185. The summed E-state index contributed by atoms with van der Waals surface area (Å²) in [5.41, 5.74) is 0. The molecule has 0 radical (unpaired) electrons. The molecule has 1 fully saturated rings. The van der Waals surface area contributed by atoms with Crippen molar-refractivity contribution in [3.05, 3.63) is 0 Å². The van der Waals surface area contributed by atoms with E-state index in [0.717, 1.165) is 45.9 Å². The first-order chi connectivity index (χ1) is 7.30. The molecule has 1 aliphatic heterocycles. The lowest BCUT2D eigenvalue weighted by atomic mass is 10.3. The van der Waals surface area contributed by atoms with Crippen molar-refractivity contribution in [3.63, 3.8) is 0 Å². The van der Waals surface area contributed by atoms with Crippen LogP contribution in [0.2, 0.25) is 0 Å². The summed E-state index contributed by atoms with van der Waals surface area (Å²) in [7, 11) is 0. The fourth-order valence-corrected chi connectivity index (χ4v) is 2.09. The molecule has 0 bridgehead atoms. The number of likely N-dealkylation sites (N-methyl/N-ethyl adjacent to an activating group) is 1. The Kier molecular flexibility index (Phi) is 6.57. The van der Waals surface area contributed by atoms with Crippen LogP contribution < -0.4 is 0 Å². The highest BCUT2D eigenvalue weighted by Crippen LogP contribution is 2.06. The maximum absolute atomic E-state index is 5.80. The highest BCUT2D eigenvalue weighted by molar-refractivity contribution is 6.18. The van der Waals surface area contributed by atoms with Gasteiger partial charge in [-0.1, -0.05) is 13.8 Å². The van der Waals surface area contributed by atoms with Gasteiger partial charge in [-0.15, -0.1) is 11.6 Å². The maximum atomic E-state index is 5.80. The lowest BCUT2D eigenvalue weighted by Crippen LogP contribution is -2.46. The van der Waals surface area contributed by atoms with E-state index >= 15 is 0 Å². The smallest absolute Gasteiger partial charge is 0.0837 e. The molecule has 0 aliphatic carbocycles. The fourth-order valence-electron chi connectivity index (χ4n) is 1.90. The van der Waals surface area contributed by atoms with Crippen molar-refractivity contribution < 1.29 is 4.74 Å². The van der Waals surface area contributed by atoms with E-state index in [1.165, 1.54) is 0 Å². The highest BCUT2D eigenvalue weighted by Gasteiger charge is 2.19. The van der Waals surface area contributed by atoms with Crippen LogP contribution in [0.5, 0.6) is 0 Å². The normalized spacial score (nSPS) is 23.6. The molecule has 0 saturated carbocycles. The zero-order valence-electron chi connectivity index (χ0n) is 9.91. The van der Waals surface area contributed by atoms with Crippen molar-refractivity contribution in [2.75, 3.05) is 51.8 Å². The van der Waals surface area contributed by atoms with E-state index in [0.29, 0.717) is 5.88 Å². The Morgan fingerprint density at radius 1 is 1.40 bits per heavy atom. The van der Waals surface area contributed by atoms with Crippen LogP contribution in [0, 0.1) is 0 Å². The highest BCUT2D eigenvalue weighted by atomic mass is 35.5. The molecule has 0 aromatic carbocycles. The van der Waals surface area contributed by atoms with Gasteiger partial charge in [-0.2, -0.15) is 0 Å². The van der Waals surface area contributed by atoms with Gasteiger partial charge in [0, 0.05) is 32.1 Å². The number of alkyl halides is 1. The molecular weight excluding hydrogens is 212 g/mol. The molecule has 0 aromatic heterocycles. The third-order valence-electron chi connectivity index (χ3n) is 3.02. The summed E-state index contributed by atoms with van der Waals surface area (Å²) >= 11 is 5.80. The number of hydrogen-bond acceptors (Lipinski definition) is 3. The Hall–Kier alpha value is 0.170. The Labute approximate surface area is 98.3 Å². The van der Waals surface area contributed by atoms with Crippen LogP contribution >= 0.6 is 11.6 Å². The molecule has 0 N–H and O–H groups in total. The molecule has 0 amide bonds. The van der Waals surface area contributed by atoms with Crippen LogP contribution in [-0.4, -0.2) is 67.7 Å². The zero-order valence-corrected chi connectivity index (χ0v) is 10.7. The minimum atomic E-state index is 0.233. The Bertz CT molecular complexity index is 165. The molecular formula is C11H23ClN2O. The molecule has 1 atom stereocenters. The number of halogens is 1. The maximum Gasteiger partial charge on any atom is 0.0837 e. The first kappa shape index (κ1) is 13.2. The van der Waals surface area contributed by atoms with Crippen molar-refractivity contribution in [2.45, 2.75) is 20.0 Å². The summed E-state index contributed by atoms with van der Waals surface area (Å²) in [6.07, 6.45) is 0.233. The van der Waals surface area contributed by atoms with Gasteiger partial charge >= 0.3 is 0 Å². The van der Waals surface area contributed by atoms with Gasteiger partial charge in [0.15, 0.2) is 0 Å². The second-order valence-electron chi connectivity index (χ2n) is 3.97. The van der Waals surface area contributed by atoms with Crippen LogP contribution in [-0.2, 0) is 4.74 Å². The van der Waals surface area contributed by atoms with E-state index in [-0.39, 0.29) is 6.10 Å². The van der Waals surface area contributed by atoms with E-state index in [2.05, 4.69) is 23.6 Å². The minimum Gasteiger partial charge on any atom is -0.374 e. The molecule has 90 valence electrons. The number of hydrogen-bond donors (Lipinski definition) is 0. The van der Waals surface area contributed by atoms with Crippen LogP contribution in [0.25, 0.3) is 0 Å². The van der Waals surface area contributed by atoms with Crippen LogP contribution in [0.4, 0.5) is 0 Å². The molecule has 1 aliphatic rings. The summed E-state index contributed by atoms with van der Waals surface area (Å²) in [5.74, 6) is 0.613. The lowest BCUT2D eigenvalue weighted by Gasteiger charge is -2.33. The van der Waals surface area contributed by atoms with Gasteiger partial charge < -0.3 is 9.64 Å². The first-order valence-electron chi connectivity index (χ1n) is 5.92. The number of ether oxygens (including phenoxy) is 1. The monoisotopic (exact) mass is 234 g/mol. The Balaban J connectivity index is 2.20. The molecule has 4 heteroatoms. The largest absolute Gasteiger partial charge is 0.374 e. The summed E-state index contributed by atoms with van der Waals surface area (Å²) in [6.45, 7) is 11.9. The zero-order chi connectivity index (χ0) is 11.1. The average molecular weight is 235 g/mol. The van der Waals surface area contributed by atoms with Gasteiger partial charge in [0.05, 0.1) is 12.7 Å². The third-order valence-corrected chi connectivity index (χ3v) is 3.37. The standard InChI is InChI=1S/C11H23ClN2O/c1-3-13(4-2)5-6-14-7-8-15-11(9-12)10-14/h11H,3-10H2,1-2H3. The van der Waals surface area contributed by atoms with Gasteiger partial charge in [0.1, 0.15) is 0 Å². The molecule has 0 spiro atoms. The van der Waals surface area contributed by atoms with E-state index in [1.807, 2.05) is 0 Å². The van der Waals surface area contributed by atoms with Gasteiger partial charge in [-0.05, 0) is 13.1 Å². The van der Waals surface area contributed by atoms with Gasteiger partial charge in [0.25, 0.3) is 0 Å². The van der Waals surface area contributed by atoms with Crippen molar-refractivity contribution in [2.24, 2.45) is 0 Å². The summed E-state index contributed by atoms with van der Waals surface area (Å²) in [6, 6.07) is 0. The number of morpholine rings is 1. The van der Waals surface area contributed by atoms with E-state index in [1.54, 1.807) is 0 Å². The molecule has 3 nitrogen and oxygen atoms in total. The predicted octanol–water partition coefficient (Wildman–Crippen LogP) is 1.27. The number of rotatable bonds is 6. The molecule has 1 unspecified atom stereocenters. The van der Waals surface area contributed by atoms with Crippen molar-refractivity contribution in [1.29, 1.82) is 0 Å². The van der Waals surface area contributed by atoms with Crippen molar-refractivity contribution in [3.8, 4) is 0 Å². The summed E-state index contributed by atoms with van der Waals surface area (Å²) < 4.78 is 5.53. The SMILES string of the molecule is CCN(CC)CCN1CCOC(CCl)C1. The topological polar surface area (TPSA) is 15.7 Å².